The summed E-state index contributed by atoms with van der Waals surface area (Å²) >= 11 is 1.33. The molecule has 0 bridgehead atoms. The lowest BCUT2D eigenvalue weighted by Gasteiger charge is -1.92. The molecule has 0 aromatic rings. The molecule has 0 saturated heterocycles. The highest BCUT2D eigenvalue weighted by molar-refractivity contribution is 8.00. The Balaban J connectivity index is 0. The summed E-state index contributed by atoms with van der Waals surface area (Å²) in [5, 5.41) is 5.24. The number of nitrogens with two attached hydrogens (primary N) is 1. The molecule has 5 N–H and O–H groups in total. The summed E-state index contributed by atoms with van der Waals surface area (Å²) in [4.78, 5) is 1.25. The third kappa shape index (κ3) is 4.18. The van der Waals surface area contributed by atoms with Crippen LogP contribution in [0.1, 0.15) is 20.3 Å². The maximum atomic E-state index is 5.24. The average molecular weight is 134 g/mol. The van der Waals surface area contributed by atoms with E-state index in [4.69, 9.17) is 5.14 Å². The van der Waals surface area contributed by atoms with Crippen LogP contribution in [0.4, 0.5) is 0 Å². The molecule has 0 aromatic carbocycles. The van der Waals surface area contributed by atoms with Crippen LogP contribution in [0.3, 0.4) is 0 Å². The van der Waals surface area contributed by atoms with Crippen LogP contribution in [0.25, 0.3) is 0 Å². The van der Waals surface area contributed by atoms with Gasteiger partial charge in [-0.05, 0) is 18.2 Å². The molecule has 0 fully saturated rings. The summed E-state index contributed by atoms with van der Waals surface area (Å²) in [5.74, 6) is 0. The minimum Gasteiger partial charge on any atom is -0.344 e. The van der Waals surface area contributed by atoms with E-state index >= 15 is 0 Å². The highest BCUT2D eigenvalue weighted by Crippen LogP contribution is 2.10. The Morgan fingerprint density at radius 1 is 1.75 bits per heavy atom. The van der Waals surface area contributed by atoms with Crippen molar-refractivity contribution in [3.8, 4) is 0 Å². The van der Waals surface area contributed by atoms with Crippen molar-refractivity contribution in [1.29, 1.82) is 0 Å². The Morgan fingerprint density at radius 2 is 2.25 bits per heavy atom. The lowest BCUT2D eigenvalue weighted by Crippen LogP contribution is -1.79. The van der Waals surface area contributed by atoms with Gasteiger partial charge in [0.2, 0.25) is 0 Å². The highest BCUT2D eigenvalue weighted by atomic mass is 32.2. The lowest BCUT2D eigenvalue weighted by atomic mass is 10.4. The molecular weight excluding hydrogens is 120 g/mol. The third-order valence-corrected chi connectivity index (χ3v) is 1.65. The van der Waals surface area contributed by atoms with Gasteiger partial charge in [0.1, 0.15) is 0 Å². The molecule has 0 spiro atoms. The van der Waals surface area contributed by atoms with Crippen LogP contribution >= 0.6 is 11.9 Å². The molecule has 0 unspecified atom stereocenters. The van der Waals surface area contributed by atoms with Gasteiger partial charge in [0.05, 0.1) is 0 Å². The summed E-state index contributed by atoms with van der Waals surface area (Å²) in [6.45, 7) is 4.09. The van der Waals surface area contributed by atoms with Crippen molar-refractivity contribution in [2.45, 2.75) is 20.3 Å². The fraction of sp³-hybridized carbons (Fsp3) is 0.600. The first-order valence-electron chi connectivity index (χ1n) is 2.37. The summed E-state index contributed by atoms with van der Waals surface area (Å²) in [6.07, 6.45) is 3.09. The second-order valence-corrected chi connectivity index (χ2v) is 1.99. The number of hydrogen-bond acceptors (Lipinski definition) is 3. The van der Waals surface area contributed by atoms with Crippen molar-refractivity contribution < 1.29 is 0 Å². The van der Waals surface area contributed by atoms with Crippen LogP contribution in [0.5, 0.6) is 0 Å². The Labute approximate surface area is 55.2 Å². The van der Waals surface area contributed by atoms with Crippen LogP contribution in [0.15, 0.2) is 11.0 Å². The predicted octanol–water partition coefficient (Wildman–Crippen LogP) is 2.07. The zero-order chi connectivity index (χ0) is 5.70. The first-order chi connectivity index (χ1) is 3.35. The smallest absolute Gasteiger partial charge is 0.00443 e. The van der Waals surface area contributed by atoms with Crippen molar-refractivity contribution in [1.82, 2.24) is 6.15 Å². The van der Waals surface area contributed by atoms with Gasteiger partial charge in [0.15, 0.2) is 0 Å². The van der Waals surface area contributed by atoms with Gasteiger partial charge < -0.3 is 6.15 Å². The lowest BCUT2D eigenvalue weighted by molar-refractivity contribution is 1.19. The third-order valence-electron chi connectivity index (χ3n) is 0.822. The topological polar surface area (TPSA) is 61.0 Å². The first kappa shape index (κ1) is 10.9. The maximum Gasteiger partial charge on any atom is -0.00443 e. The number of rotatable bonds is 2. The minimum atomic E-state index is 0. The normalized spacial score (nSPS) is 10.6. The van der Waals surface area contributed by atoms with Crippen LogP contribution in [-0.2, 0) is 0 Å². The van der Waals surface area contributed by atoms with Crippen LogP contribution < -0.4 is 11.3 Å². The van der Waals surface area contributed by atoms with Gasteiger partial charge in [-0.1, -0.05) is 24.9 Å². The number of hydrogen-bond donors (Lipinski definition) is 2. The van der Waals surface area contributed by atoms with Gasteiger partial charge >= 0.3 is 0 Å². The van der Waals surface area contributed by atoms with Crippen molar-refractivity contribution in [3.63, 3.8) is 0 Å². The molecule has 0 aliphatic heterocycles. The molecule has 50 valence electrons. The fourth-order valence-corrected chi connectivity index (χ4v) is 0.658. The Hall–Kier alpha value is 0.01000. The van der Waals surface area contributed by atoms with Gasteiger partial charge in [-0.2, -0.15) is 0 Å². The molecule has 8 heavy (non-hydrogen) atoms. The minimum absolute atomic E-state index is 0. The highest BCUT2D eigenvalue weighted by Gasteiger charge is 1.83. The summed E-state index contributed by atoms with van der Waals surface area (Å²) < 4.78 is 0. The van der Waals surface area contributed by atoms with E-state index in [0.717, 1.165) is 6.42 Å². The molecule has 0 aromatic heterocycles. The quantitative estimate of drug-likeness (QED) is 0.568. The summed E-state index contributed by atoms with van der Waals surface area (Å²) in [5.41, 5.74) is 0. The molecule has 0 aliphatic carbocycles. The molecule has 0 rings (SSSR count). The zero-order valence-electron chi connectivity index (χ0n) is 5.48. The van der Waals surface area contributed by atoms with Crippen molar-refractivity contribution in [2.75, 3.05) is 0 Å². The summed E-state index contributed by atoms with van der Waals surface area (Å²) in [6, 6.07) is 0. The van der Waals surface area contributed by atoms with E-state index in [2.05, 4.69) is 6.92 Å². The van der Waals surface area contributed by atoms with E-state index in [0.29, 0.717) is 0 Å². The Bertz CT molecular complexity index is 64.8. The molecule has 2 nitrogen and oxygen atoms in total. The summed E-state index contributed by atoms with van der Waals surface area (Å²) in [7, 11) is 0. The molecule has 0 heterocycles. The molecule has 0 amide bonds. The second kappa shape index (κ2) is 7.01. The maximum absolute atomic E-state index is 5.24. The van der Waals surface area contributed by atoms with E-state index in [1.165, 1.54) is 16.9 Å². The van der Waals surface area contributed by atoms with E-state index in [9.17, 15) is 0 Å². The zero-order valence-corrected chi connectivity index (χ0v) is 6.29. The molecule has 0 atom stereocenters. The molecular formula is C5H14N2S. The van der Waals surface area contributed by atoms with E-state index in [-0.39, 0.29) is 6.15 Å². The fourth-order valence-electron chi connectivity index (χ4n) is 0.355. The van der Waals surface area contributed by atoms with Crippen LogP contribution in [-0.4, -0.2) is 0 Å². The van der Waals surface area contributed by atoms with Crippen molar-refractivity contribution >= 4 is 11.9 Å². The van der Waals surface area contributed by atoms with Crippen LogP contribution in [0, 0.1) is 0 Å². The first-order valence-corrected chi connectivity index (χ1v) is 3.25. The number of allylic oxidation sites excluding steroid dienone is 2. The Kier molecular flexibility index (Phi) is 9.55. The van der Waals surface area contributed by atoms with Crippen LogP contribution in [0.2, 0.25) is 0 Å². The van der Waals surface area contributed by atoms with Gasteiger partial charge in [-0.15, -0.1) is 0 Å². The predicted molar refractivity (Wildman–Crippen MR) is 40.8 cm³/mol. The van der Waals surface area contributed by atoms with Crippen molar-refractivity contribution in [2.24, 2.45) is 5.14 Å². The van der Waals surface area contributed by atoms with E-state index in [1.807, 2.05) is 13.0 Å². The standard InChI is InChI=1S/C5H11NS.H3N/c1-3-5(4-2)7-6;/h3H,4,6H2,1-2H3;1H3/b5-3+;. The van der Waals surface area contributed by atoms with Gasteiger partial charge in [0, 0.05) is 0 Å². The van der Waals surface area contributed by atoms with Gasteiger partial charge in [-0.3, -0.25) is 5.14 Å². The SMILES string of the molecule is C/C=C(\CC)SN.N. The van der Waals surface area contributed by atoms with Crippen molar-refractivity contribution in [3.05, 3.63) is 11.0 Å². The largest absolute Gasteiger partial charge is 0.344 e. The van der Waals surface area contributed by atoms with Gasteiger partial charge in [0.25, 0.3) is 0 Å². The monoisotopic (exact) mass is 134 g/mol. The molecule has 0 saturated carbocycles. The average Bonchev–Trinajstić information content (AvgIpc) is 1.72. The van der Waals surface area contributed by atoms with E-state index < -0.39 is 0 Å². The Morgan fingerprint density at radius 3 is 2.25 bits per heavy atom. The molecule has 3 heteroatoms. The van der Waals surface area contributed by atoms with Gasteiger partial charge in [-0.25, -0.2) is 0 Å². The van der Waals surface area contributed by atoms with E-state index in [1.54, 1.807) is 0 Å². The molecule has 0 radical (unpaired) electrons. The molecule has 0 aliphatic rings. The second-order valence-electron chi connectivity index (χ2n) is 1.23.